The fourth-order valence-corrected chi connectivity index (χ4v) is 3.04. The van der Waals surface area contributed by atoms with Crippen molar-refractivity contribution in [1.82, 2.24) is 14.8 Å². The fourth-order valence-electron chi connectivity index (χ4n) is 3.04. The van der Waals surface area contributed by atoms with Gasteiger partial charge in [0, 0.05) is 17.3 Å². The molecule has 0 atom stereocenters. The van der Waals surface area contributed by atoms with Crippen LogP contribution >= 0.6 is 0 Å². The van der Waals surface area contributed by atoms with Gasteiger partial charge in [-0.2, -0.15) is 5.10 Å². The summed E-state index contributed by atoms with van der Waals surface area (Å²) in [5.41, 5.74) is 5.37. The van der Waals surface area contributed by atoms with E-state index < -0.39 is 0 Å². The summed E-state index contributed by atoms with van der Waals surface area (Å²) in [5.74, 6) is -0.224. The Labute approximate surface area is 151 Å². The summed E-state index contributed by atoms with van der Waals surface area (Å²) in [6.07, 6.45) is 1.75. The Balaban J connectivity index is 1.85. The highest BCUT2D eigenvalue weighted by atomic mass is 19.1. The minimum Gasteiger partial charge on any atom is -0.260 e. The van der Waals surface area contributed by atoms with Gasteiger partial charge in [0.1, 0.15) is 11.5 Å². The number of aromatic nitrogens is 3. The van der Waals surface area contributed by atoms with E-state index >= 15 is 0 Å². The maximum atomic E-state index is 14.2. The molecular formula is C22H18FN3. The third kappa shape index (κ3) is 3.14. The quantitative estimate of drug-likeness (QED) is 0.516. The van der Waals surface area contributed by atoms with Gasteiger partial charge in [0.05, 0.1) is 17.9 Å². The molecule has 128 valence electrons. The zero-order valence-corrected chi connectivity index (χ0v) is 14.4. The topological polar surface area (TPSA) is 30.7 Å². The lowest BCUT2D eigenvalue weighted by molar-refractivity contribution is 0.587. The van der Waals surface area contributed by atoms with Crippen LogP contribution in [0.2, 0.25) is 0 Å². The van der Waals surface area contributed by atoms with Crippen molar-refractivity contribution in [2.45, 2.75) is 13.5 Å². The van der Waals surface area contributed by atoms with E-state index in [-0.39, 0.29) is 5.82 Å². The van der Waals surface area contributed by atoms with Gasteiger partial charge >= 0.3 is 0 Å². The van der Waals surface area contributed by atoms with Crippen LogP contribution in [0.25, 0.3) is 22.6 Å². The van der Waals surface area contributed by atoms with Crippen LogP contribution in [0.3, 0.4) is 0 Å². The Hall–Kier alpha value is -3.27. The van der Waals surface area contributed by atoms with Crippen molar-refractivity contribution in [2.75, 3.05) is 0 Å². The third-order valence-electron chi connectivity index (χ3n) is 4.41. The number of hydrogen-bond donors (Lipinski definition) is 0. The maximum absolute atomic E-state index is 14.2. The molecule has 0 saturated carbocycles. The zero-order chi connectivity index (χ0) is 17.9. The van der Waals surface area contributed by atoms with Crippen LogP contribution in [0.1, 0.15) is 11.1 Å². The SMILES string of the molecule is Cc1ccccc1-c1cc(-c2ccccn2)nn1Cc1ccccc1F. The van der Waals surface area contributed by atoms with Gasteiger partial charge in [-0.05, 0) is 36.8 Å². The van der Waals surface area contributed by atoms with E-state index in [2.05, 4.69) is 24.0 Å². The van der Waals surface area contributed by atoms with Crippen LogP contribution in [0.15, 0.2) is 79.0 Å². The van der Waals surface area contributed by atoms with E-state index in [1.807, 2.05) is 47.1 Å². The molecule has 0 fully saturated rings. The molecule has 2 aromatic carbocycles. The van der Waals surface area contributed by atoms with Gasteiger partial charge in [0.2, 0.25) is 0 Å². The molecule has 0 bridgehead atoms. The van der Waals surface area contributed by atoms with Gasteiger partial charge in [-0.15, -0.1) is 0 Å². The molecule has 0 saturated heterocycles. The van der Waals surface area contributed by atoms with Gasteiger partial charge in [-0.25, -0.2) is 4.39 Å². The number of aryl methyl sites for hydroxylation is 1. The first kappa shape index (κ1) is 16.2. The number of nitrogens with zero attached hydrogens (tertiary/aromatic N) is 3. The molecule has 0 N–H and O–H groups in total. The van der Waals surface area contributed by atoms with E-state index in [9.17, 15) is 4.39 Å². The summed E-state index contributed by atoms with van der Waals surface area (Å²) >= 11 is 0. The molecule has 4 heteroatoms. The fraction of sp³-hybridized carbons (Fsp3) is 0.0909. The Kier molecular flexibility index (Phi) is 4.32. The van der Waals surface area contributed by atoms with Crippen molar-refractivity contribution in [3.63, 3.8) is 0 Å². The average Bonchev–Trinajstić information content (AvgIpc) is 3.08. The number of halogens is 1. The van der Waals surface area contributed by atoms with Gasteiger partial charge in [-0.3, -0.25) is 9.67 Å². The lowest BCUT2D eigenvalue weighted by Gasteiger charge is -2.10. The molecule has 4 aromatic rings. The Morgan fingerprint density at radius 3 is 2.42 bits per heavy atom. The van der Waals surface area contributed by atoms with Crippen molar-refractivity contribution < 1.29 is 4.39 Å². The van der Waals surface area contributed by atoms with Crippen LogP contribution < -0.4 is 0 Å². The molecule has 26 heavy (non-hydrogen) atoms. The highest BCUT2D eigenvalue weighted by molar-refractivity contribution is 5.69. The maximum Gasteiger partial charge on any atom is 0.128 e. The van der Waals surface area contributed by atoms with Crippen LogP contribution in [0.4, 0.5) is 4.39 Å². The second-order valence-electron chi connectivity index (χ2n) is 6.19. The Morgan fingerprint density at radius 2 is 1.65 bits per heavy atom. The highest BCUT2D eigenvalue weighted by Gasteiger charge is 2.15. The standard InChI is InChI=1S/C22H18FN3/c1-16-8-2-4-10-18(16)22-14-21(20-12-6-7-13-24-20)25-26(22)15-17-9-3-5-11-19(17)23/h2-14H,15H2,1H3. The molecule has 0 aliphatic rings. The molecule has 3 nitrogen and oxygen atoms in total. The molecule has 2 heterocycles. The molecule has 0 aliphatic carbocycles. The van der Waals surface area contributed by atoms with Crippen molar-refractivity contribution >= 4 is 0 Å². The van der Waals surface area contributed by atoms with E-state index in [1.54, 1.807) is 18.3 Å². The smallest absolute Gasteiger partial charge is 0.128 e. The first-order valence-electron chi connectivity index (χ1n) is 8.51. The van der Waals surface area contributed by atoms with Crippen LogP contribution in [-0.4, -0.2) is 14.8 Å². The summed E-state index contributed by atoms with van der Waals surface area (Å²) < 4.78 is 16.0. The second kappa shape index (κ2) is 6.92. The monoisotopic (exact) mass is 343 g/mol. The first-order chi connectivity index (χ1) is 12.7. The molecule has 0 spiro atoms. The summed E-state index contributed by atoms with van der Waals surface area (Å²) in [7, 11) is 0. The van der Waals surface area contributed by atoms with Gasteiger partial charge in [-0.1, -0.05) is 48.5 Å². The summed E-state index contributed by atoms with van der Waals surface area (Å²) in [6.45, 7) is 2.43. The van der Waals surface area contributed by atoms with Crippen molar-refractivity contribution in [3.05, 3.63) is 95.9 Å². The van der Waals surface area contributed by atoms with E-state index in [1.165, 1.54) is 6.07 Å². The molecule has 0 unspecified atom stereocenters. The van der Waals surface area contributed by atoms with Gasteiger partial charge < -0.3 is 0 Å². The molecule has 0 aliphatic heterocycles. The highest BCUT2D eigenvalue weighted by Crippen LogP contribution is 2.28. The van der Waals surface area contributed by atoms with E-state index in [4.69, 9.17) is 5.10 Å². The number of rotatable bonds is 4. The summed E-state index contributed by atoms with van der Waals surface area (Å²) in [6, 6.07) is 22.7. The van der Waals surface area contributed by atoms with Crippen LogP contribution in [-0.2, 0) is 6.54 Å². The zero-order valence-electron chi connectivity index (χ0n) is 14.4. The minimum absolute atomic E-state index is 0.224. The molecule has 4 rings (SSSR count). The number of benzene rings is 2. The predicted octanol–water partition coefficient (Wildman–Crippen LogP) is 5.11. The van der Waals surface area contributed by atoms with Gasteiger partial charge in [0.25, 0.3) is 0 Å². The van der Waals surface area contributed by atoms with E-state index in [0.717, 1.165) is 28.2 Å². The molecule has 0 amide bonds. The third-order valence-corrected chi connectivity index (χ3v) is 4.41. The Bertz CT molecular complexity index is 1040. The molecule has 2 aromatic heterocycles. The Morgan fingerprint density at radius 1 is 0.885 bits per heavy atom. The normalized spacial score (nSPS) is 10.8. The molecule has 0 radical (unpaired) electrons. The van der Waals surface area contributed by atoms with Gasteiger partial charge in [0.15, 0.2) is 0 Å². The predicted molar refractivity (Wildman–Crippen MR) is 101 cm³/mol. The van der Waals surface area contributed by atoms with Crippen molar-refractivity contribution in [2.24, 2.45) is 0 Å². The van der Waals surface area contributed by atoms with Crippen molar-refractivity contribution in [3.8, 4) is 22.6 Å². The van der Waals surface area contributed by atoms with Crippen LogP contribution in [0.5, 0.6) is 0 Å². The van der Waals surface area contributed by atoms with E-state index in [0.29, 0.717) is 12.1 Å². The van der Waals surface area contributed by atoms with Crippen LogP contribution in [0, 0.1) is 12.7 Å². The minimum atomic E-state index is -0.224. The summed E-state index contributed by atoms with van der Waals surface area (Å²) in [4.78, 5) is 4.39. The molecular weight excluding hydrogens is 325 g/mol. The number of pyridine rings is 1. The second-order valence-corrected chi connectivity index (χ2v) is 6.19. The lowest BCUT2D eigenvalue weighted by Crippen LogP contribution is -2.06. The first-order valence-corrected chi connectivity index (χ1v) is 8.51. The average molecular weight is 343 g/mol. The largest absolute Gasteiger partial charge is 0.260 e. The lowest BCUT2D eigenvalue weighted by atomic mass is 10.0. The summed E-state index contributed by atoms with van der Waals surface area (Å²) in [5, 5.41) is 4.72. The number of hydrogen-bond acceptors (Lipinski definition) is 2. The van der Waals surface area contributed by atoms with Crippen molar-refractivity contribution in [1.29, 1.82) is 0 Å².